The van der Waals surface area contributed by atoms with Crippen LogP contribution in [0.5, 0.6) is 0 Å². The molecule has 0 saturated carbocycles. The van der Waals surface area contributed by atoms with Crippen molar-refractivity contribution in [1.82, 2.24) is 29.7 Å². The van der Waals surface area contributed by atoms with Crippen molar-refractivity contribution in [2.24, 2.45) is 5.10 Å². The highest BCUT2D eigenvalue weighted by atomic mass is 79.9. The number of hydrogen-bond acceptors (Lipinski definition) is 8. The molecule has 0 aliphatic carbocycles. The van der Waals surface area contributed by atoms with Gasteiger partial charge in [0.25, 0.3) is 5.95 Å². The number of hydrogen-bond donors (Lipinski definition) is 2. The van der Waals surface area contributed by atoms with Gasteiger partial charge in [0.1, 0.15) is 0 Å². The predicted octanol–water partition coefficient (Wildman–Crippen LogP) is 4.02. The molecule has 3 aromatic heterocycles. The van der Waals surface area contributed by atoms with E-state index in [0.717, 1.165) is 27.1 Å². The molecule has 0 bridgehead atoms. The number of hydrazone groups is 1. The van der Waals surface area contributed by atoms with Crippen LogP contribution >= 0.6 is 15.9 Å². The van der Waals surface area contributed by atoms with Gasteiger partial charge in [0.05, 0.1) is 11.9 Å². The van der Waals surface area contributed by atoms with Gasteiger partial charge in [0.15, 0.2) is 0 Å². The Hall–Kier alpha value is -3.66. The van der Waals surface area contributed by atoms with Gasteiger partial charge in [-0.3, -0.25) is 4.98 Å². The Kier molecular flexibility index (Phi) is 5.75. The Labute approximate surface area is 181 Å². The molecule has 0 fully saturated rings. The molecular weight excluding hydrogens is 446 g/mol. The van der Waals surface area contributed by atoms with E-state index < -0.39 is 0 Å². The van der Waals surface area contributed by atoms with Crippen LogP contribution in [0.3, 0.4) is 0 Å². The number of anilines is 3. The lowest BCUT2D eigenvalue weighted by molar-refractivity contribution is 0.767. The van der Waals surface area contributed by atoms with Crippen molar-refractivity contribution in [3.63, 3.8) is 0 Å². The number of aromatic nitrogens is 6. The van der Waals surface area contributed by atoms with Crippen LogP contribution < -0.4 is 10.7 Å². The summed E-state index contributed by atoms with van der Waals surface area (Å²) in [5.74, 6) is 1.04. The number of aryl methyl sites for hydroxylation is 2. The van der Waals surface area contributed by atoms with Gasteiger partial charge in [-0.2, -0.15) is 25.2 Å². The Bertz CT molecular complexity index is 1170. The fourth-order valence-corrected chi connectivity index (χ4v) is 2.94. The average Bonchev–Trinajstić information content (AvgIpc) is 3.08. The summed E-state index contributed by atoms with van der Waals surface area (Å²) in [5, 5.41) is 11.9. The highest BCUT2D eigenvalue weighted by Gasteiger charge is 2.12. The largest absolute Gasteiger partial charge is 0.324 e. The molecule has 9 nitrogen and oxygen atoms in total. The summed E-state index contributed by atoms with van der Waals surface area (Å²) in [6, 6.07) is 13.4. The second-order valence-corrected chi connectivity index (χ2v) is 7.33. The maximum Gasteiger partial charge on any atom is 0.257 e. The van der Waals surface area contributed by atoms with Crippen LogP contribution in [0, 0.1) is 13.8 Å². The summed E-state index contributed by atoms with van der Waals surface area (Å²) >= 11 is 3.43. The van der Waals surface area contributed by atoms with E-state index in [2.05, 4.69) is 56.8 Å². The van der Waals surface area contributed by atoms with Crippen LogP contribution in [0.15, 0.2) is 64.4 Å². The molecule has 0 unspecified atom stereocenters. The van der Waals surface area contributed by atoms with Gasteiger partial charge in [0, 0.05) is 33.8 Å². The molecule has 0 saturated heterocycles. The van der Waals surface area contributed by atoms with Crippen LogP contribution in [0.25, 0.3) is 5.95 Å². The maximum atomic E-state index is 4.52. The molecule has 3 heterocycles. The van der Waals surface area contributed by atoms with E-state index in [0.29, 0.717) is 11.9 Å². The first-order valence-corrected chi connectivity index (χ1v) is 9.87. The molecule has 0 aliphatic rings. The molecule has 30 heavy (non-hydrogen) atoms. The van der Waals surface area contributed by atoms with Gasteiger partial charge < -0.3 is 5.32 Å². The zero-order chi connectivity index (χ0) is 20.9. The van der Waals surface area contributed by atoms with Crippen LogP contribution in [0.1, 0.15) is 17.0 Å². The minimum absolute atomic E-state index is 0.285. The number of halogens is 1. The zero-order valence-corrected chi connectivity index (χ0v) is 17.9. The molecule has 0 atom stereocenters. The molecule has 0 aliphatic heterocycles. The van der Waals surface area contributed by atoms with Crippen molar-refractivity contribution in [1.29, 1.82) is 0 Å². The molecule has 0 radical (unpaired) electrons. The summed E-state index contributed by atoms with van der Waals surface area (Å²) in [7, 11) is 0. The Morgan fingerprint density at radius 3 is 2.53 bits per heavy atom. The lowest BCUT2D eigenvalue weighted by Gasteiger charge is -2.09. The third kappa shape index (κ3) is 4.84. The monoisotopic (exact) mass is 463 g/mol. The third-order valence-electron chi connectivity index (χ3n) is 3.99. The lowest BCUT2D eigenvalue weighted by Crippen LogP contribution is -2.11. The summed E-state index contributed by atoms with van der Waals surface area (Å²) in [4.78, 5) is 17.4. The fraction of sp³-hybridized carbons (Fsp3) is 0.100. The summed E-state index contributed by atoms with van der Waals surface area (Å²) in [6.45, 7) is 3.86. The fourth-order valence-electron chi connectivity index (χ4n) is 2.68. The van der Waals surface area contributed by atoms with E-state index >= 15 is 0 Å². The molecule has 10 heteroatoms. The summed E-state index contributed by atoms with van der Waals surface area (Å²) < 4.78 is 2.65. The molecule has 1 aromatic carbocycles. The quantitative estimate of drug-likeness (QED) is 0.328. The minimum Gasteiger partial charge on any atom is -0.324 e. The van der Waals surface area contributed by atoms with Gasteiger partial charge in [-0.1, -0.05) is 22.0 Å². The number of pyridine rings is 1. The highest BCUT2D eigenvalue weighted by Crippen LogP contribution is 2.19. The number of benzene rings is 1. The molecule has 0 spiro atoms. The van der Waals surface area contributed by atoms with E-state index in [1.807, 2.05) is 56.3 Å². The van der Waals surface area contributed by atoms with E-state index in [1.165, 1.54) is 0 Å². The molecule has 2 N–H and O–H groups in total. The van der Waals surface area contributed by atoms with E-state index in [1.54, 1.807) is 23.3 Å². The van der Waals surface area contributed by atoms with Crippen LogP contribution in [-0.2, 0) is 0 Å². The lowest BCUT2D eigenvalue weighted by atomic mass is 10.3. The summed E-state index contributed by atoms with van der Waals surface area (Å²) in [5.41, 5.74) is 6.34. The van der Waals surface area contributed by atoms with Crippen molar-refractivity contribution in [2.45, 2.75) is 13.8 Å². The Morgan fingerprint density at radius 2 is 1.83 bits per heavy atom. The first kappa shape index (κ1) is 19.6. The van der Waals surface area contributed by atoms with Crippen molar-refractivity contribution < 1.29 is 0 Å². The van der Waals surface area contributed by atoms with Crippen molar-refractivity contribution in [3.05, 3.63) is 76.3 Å². The SMILES string of the molecule is Cc1cc(C)n(-c2nc(NN=Cc3cccnc3)nc(Nc3ccc(Br)cc3)n2)n1. The van der Waals surface area contributed by atoms with Crippen LogP contribution in [-0.4, -0.2) is 35.9 Å². The van der Waals surface area contributed by atoms with Gasteiger partial charge in [-0.15, -0.1) is 0 Å². The van der Waals surface area contributed by atoms with Crippen LogP contribution in [0.2, 0.25) is 0 Å². The average molecular weight is 464 g/mol. The number of nitrogens with zero attached hydrogens (tertiary/aromatic N) is 7. The highest BCUT2D eigenvalue weighted by molar-refractivity contribution is 9.10. The van der Waals surface area contributed by atoms with Gasteiger partial charge in [-0.25, -0.2) is 10.1 Å². The molecule has 4 aromatic rings. The second-order valence-electron chi connectivity index (χ2n) is 6.41. The molecule has 150 valence electrons. The van der Waals surface area contributed by atoms with Gasteiger partial charge in [-0.05, 0) is 50.2 Å². The second kappa shape index (κ2) is 8.78. The van der Waals surface area contributed by atoms with Crippen molar-refractivity contribution in [2.75, 3.05) is 10.7 Å². The van der Waals surface area contributed by atoms with E-state index in [9.17, 15) is 0 Å². The number of nitrogens with one attached hydrogen (secondary N) is 2. The number of rotatable bonds is 6. The topological polar surface area (TPSA) is 106 Å². The predicted molar refractivity (Wildman–Crippen MR) is 119 cm³/mol. The Balaban J connectivity index is 1.65. The zero-order valence-electron chi connectivity index (χ0n) is 16.3. The van der Waals surface area contributed by atoms with E-state index in [4.69, 9.17) is 0 Å². The third-order valence-corrected chi connectivity index (χ3v) is 4.51. The van der Waals surface area contributed by atoms with Gasteiger partial charge >= 0.3 is 0 Å². The molecule has 0 amide bonds. The van der Waals surface area contributed by atoms with Gasteiger partial charge in [0.2, 0.25) is 11.9 Å². The molecular formula is C20H18BrN9. The first-order chi connectivity index (χ1) is 14.6. The van der Waals surface area contributed by atoms with E-state index in [-0.39, 0.29) is 5.95 Å². The first-order valence-electron chi connectivity index (χ1n) is 9.08. The Morgan fingerprint density at radius 1 is 1.03 bits per heavy atom. The molecule has 4 rings (SSSR count). The van der Waals surface area contributed by atoms with Crippen molar-refractivity contribution in [3.8, 4) is 5.95 Å². The van der Waals surface area contributed by atoms with Crippen LogP contribution in [0.4, 0.5) is 17.6 Å². The smallest absolute Gasteiger partial charge is 0.257 e. The summed E-state index contributed by atoms with van der Waals surface area (Å²) in [6.07, 6.45) is 5.06. The standard InChI is InChI=1S/C20H18BrN9/c1-13-10-14(2)30(29-13)20-26-18(24-17-7-5-16(21)6-8-17)25-19(27-20)28-23-12-15-4-3-9-22-11-15/h3-12H,1-2H3,(H2,24,25,26,27,28). The van der Waals surface area contributed by atoms with Crippen molar-refractivity contribution >= 4 is 39.7 Å². The maximum absolute atomic E-state index is 4.52. The minimum atomic E-state index is 0.285. The normalized spacial score (nSPS) is 11.0.